The lowest BCUT2D eigenvalue weighted by Gasteiger charge is -2.33. The highest BCUT2D eigenvalue weighted by atomic mass is 16.4. The SMILES string of the molecule is CC(C(=O)O)N(CC(=O)N1CCCc2ccccc21)C1CC1. The maximum atomic E-state index is 12.7. The first-order valence-electron chi connectivity index (χ1n) is 7.94. The fourth-order valence-electron chi connectivity index (χ4n) is 3.16. The number of aliphatic carboxylic acids is 1. The standard InChI is InChI=1S/C17H22N2O3/c1-12(17(21)22)19(14-8-9-14)11-16(20)18-10-4-6-13-5-2-3-7-15(13)18/h2-3,5,7,12,14H,4,6,8-11H2,1H3,(H,21,22). The van der Waals surface area contributed by atoms with Crippen LogP contribution in [0.1, 0.15) is 31.7 Å². The molecule has 0 spiro atoms. The van der Waals surface area contributed by atoms with E-state index in [1.807, 2.05) is 28.0 Å². The van der Waals surface area contributed by atoms with Gasteiger partial charge in [-0.15, -0.1) is 0 Å². The number of hydrogen-bond acceptors (Lipinski definition) is 3. The molecule has 0 aromatic heterocycles. The van der Waals surface area contributed by atoms with E-state index in [2.05, 4.69) is 6.07 Å². The molecule has 1 atom stereocenters. The van der Waals surface area contributed by atoms with Crippen LogP contribution < -0.4 is 4.90 Å². The van der Waals surface area contributed by atoms with Gasteiger partial charge in [0, 0.05) is 18.3 Å². The molecule has 3 rings (SSSR count). The Morgan fingerprint density at radius 2 is 2.09 bits per heavy atom. The zero-order chi connectivity index (χ0) is 15.7. The van der Waals surface area contributed by atoms with Crippen molar-refractivity contribution in [1.29, 1.82) is 0 Å². The summed E-state index contributed by atoms with van der Waals surface area (Å²) in [5.41, 5.74) is 2.18. The van der Waals surface area contributed by atoms with Gasteiger partial charge in [0.1, 0.15) is 6.04 Å². The molecule has 5 nitrogen and oxygen atoms in total. The van der Waals surface area contributed by atoms with Crippen molar-refractivity contribution in [1.82, 2.24) is 4.90 Å². The smallest absolute Gasteiger partial charge is 0.320 e. The molecule has 1 saturated carbocycles. The van der Waals surface area contributed by atoms with E-state index in [-0.39, 0.29) is 18.5 Å². The predicted molar refractivity (Wildman–Crippen MR) is 83.9 cm³/mol. The molecule has 1 amide bonds. The Morgan fingerprint density at radius 3 is 2.77 bits per heavy atom. The average molecular weight is 302 g/mol. The second-order valence-corrected chi connectivity index (χ2v) is 6.20. The maximum Gasteiger partial charge on any atom is 0.320 e. The van der Waals surface area contributed by atoms with Crippen molar-refractivity contribution in [2.24, 2.45) is 0 Å². The molecule has 22 heavy (non-hydrogen) atoms. The van der Waals surface area contributed by atoms with E-state index in [4.69, 9.17) is 0 Å². The quantitative estimate of drug-likeness (QED) is 0.902. The lowest BCUT2D eigenvalue weighted by Crippen LogP contribution is -2.48. The fraction of sp³-hybridized carbons (Fsp3) is 0.529. The van der Waals surface area contributed by atoms with Crippen LogP contribution in [0.5, 0.6) is 0 Å². The van der Waals surface area contributed by atoms with Crippen LogP contribution in [0.2, 0.25) is 0 Å². The first-order valence-corrected chi connectivity index (χ1v) is 7.94. The number of benzene rings is 1. The molecular formula is C17H22N2O3. The normalized spacial score (nSPS) is 18.9. The van der Waals surface area contributed by atoms with E-state index in [1.165, 1.54) is 5.56 Å². The largest absolute Gasteiger partial charge is 0.480 e. The number of para-hydroxylation sites is 1. The highest BCUT2D eigenvalue weighted by molar-refractivity contribution is 5.96. The second-order valence-electron chi connectivity index (χ2n) is 6.20. The predicted octanol–water partition coefficient (Wildman–Crippen LogP) is 1.90. The van der Waals surface area contributed by atoms with Gasteiger partial charge < -0.3 is 10.0 Å². The third kappa shape index (κ3) is 2.99. The third-order valence-corrected chi connectivity index (χ3v) is 4.60. The molecule has 0 bridgehead atoms. The van der Waals surface area contributed by atoms with E-state index >= 15 is 0 Å². The van der Waals surface area contributed by atoms with Gasteiger partial charge in [-0.1, -0.05) is 18.2 Å². The van der Waals surface area contributed by atoms with Crippen molar-refractivity contribution >= 4 is 17.6 Å². The van der Waals surface area contributed by atoms with Crippen molar-refractivity contribution < 1.29 is 14.7 Å². The molecule has 1 heterocycles. The van der Waals surface area contributed by atoms with E-state index in [1.54, 1.807) is 6.92 Å². The van der Waals surface area contributed by atoms with E-state index in [0.717, 1.165) is 37.9 Å². The van der Waals surface area contributed by atoms with Crippen LogP contribution in [0, 0.1) is 0 Å². The van der Waals surface area contributed by atoms with Crippen LogP contribution in [0.3, 0.4) is 0 Å². The van der Waals surface area contributed by atoms with Crippen molar-refractivity contribution in [3.05, 3.63) is 29.8 Å². The van der Waals surface area contributed by atoms with Crippen LogP contribution in [0.25, 0.3) is 0 Å². The Balaban J connectivity index is 1.75. The Hall–Kier alpha value is -1.88. The molecule has 1 aromatic carbocycles. The van der Waals surface area contributed by atoms with Crippen molar-refractivity contribution in [2.75, 3.05) is 18.0 Å². The van der Waals surface area contributed by atoms with Crippen molar-refractivity contribution in [3.8, 4) is 0 Å². The lowest BCUT2D eigenvalue weighted by molar-refractivity contribution is -0.143. The van der Waals surface area contributed by atoms with Gasteiger partial charge in [-0.05, 0) is 44.2 Å². The van der Waals surface area contributed by atoms with E-state index < -0.39 is 12.0 Å². The van der Waals surface area contributed by atoms with Gasteiger partial charge in [0.2, 0.25) is 5.91 Å². The number of hydrogen-bond donors (Lipinski definition) is 1. The molecule has 2 aliphatic rings. The first kappa shape index (κ1) is 15.0. The highest BCUT2D eigenvalue weighted by Crippen LogP contribution is 2.30. The number of carbonyl (C=O) groups excluding carboxylic acids is 1. The summed E-state index contributed by atoms with van der Waals surface area (Å²) >= 11 is 0. The fourth-order valence-corrected chi connectivity index (χ4v) is 3.16. The Labute approximate surface area is 130 Å². The Bertz CT molecular complexity index is 583. The third-order valence-electron chi connectivity index (χ3n) is 4.60. The summed E-state index contributed by atoms with van der Waals surface area (Å²) in [6.45, 7) is 2.57. The van der Waals surface area contributed by atoms with Gasteiger partial charge in [-0.2, -0.15) is 0 Å². The molecule has 1 aliphatic heterocycles. The van der Waals surface area contributed by atoms with Crippen LogP contribution >= 0.6 is 0 Å². The molecule has 1 fully saturated rings. The number of nitrogens with zero attached hydrogens (tertiary/aromatic N) is 2. The molecule has 1 N–H and O–H groups in total. The van der Waals surface area contributed by atoms with Crippen LogP contribution in [0.4, 0.5) is 5.69 Å². The molecule has 118 valence electrons. The number of amides is 1. The van der Waals surface area contributed by atoms with Gasteiger partial charge in [0.15, 0.2) is 0 Å². The number of carbonyl (C=O) groups is 2. The average Bonchev–Trinajstić information content (AvgIpc) is 3.35. The van der Waals surface area contributed by atoms with Crippen molar-refractivity contribution in [3.63, 3.8) is 0 Å². The van der Waals surface area contributed by atoms with Gasteiger partial charge in [-0.3, -0.25) is 14.5 Å². The summed E-state index contributed by atoms with van der Waals surface area (Å²) in [7, 11) is 0. The van der Waals surface area contributed by atoms with Crippen LogP contribution in [-0.2, 0) is 16.0 Å². The van der Waals surface area contributed by atoms with Crippen LogP contribution in [-0.4, -0.2) is 47.1 Å². The number of aryl methyl sites for hydroxylation is 1. The van der Waals surface area contributed by atoms with Gasteiger partial charge >= 0.3 is 5.97 Å². The number of carboxylic acid groups (broad SMARTS) is 1. The molecule has 0 radical (unpaired) electrons. The number of anilines is 1. The summed E-state index contributed by atoms with van der Waals surface area (Å²) in [6, 6.07) is 7.62. The van der Waals surface area contributed by atoms with Gasteiger partial charge in [0.25, 0.3) is 0 Å². The number of fused-ring (bicyclic) bond motifs is 1. The lowest BCUT2D eigenvalue weighted by atomic mass is 10.0. The maximum absolute atomic E-state index is 12.7. The minimum absolute atomic E-state index is 0.00662. The highest BCUT2D eigenvalue weighted by Gasteiger charge is 2.37. The van der Waals surface area contributed by atoms with E-state index in [0.29, 0.717) is 0 Å². The van der Waals surface area contributed by atoms with E-state index in [9.17, 15) is 14.7 Å². The minimum Gasteiger partial charge on any atom is -0.480 e. The zero-order valence-electron chi connectivity index (χ0n) is 12.9. The Kier molecular flexibility index (Phi) is 4.16. The number of carboxylic acids is 1. The first-order chi connectivity index (χ1) is 10.6. The number of rotatable bonds is 5. The molecule has 1 unspecified atom stereocenters. The summed E-state index contributed by atoms with van der Waals surface area (Å²) < 4.78 is 0. The van der Waals surface area contributed by atoms with Crippen LogP contribution in [0.15, 0.2) is 24.3 Å². The summed E-state index contributed by atoms with van der Waals surface area (Å²) in [6.07, 6.45) is 3.93. The molecular weight excluding hydrogens is 280 g/mol. The second kappa shape index (κ2) is 6.08. The molecule has 1 aromatic rings. The zero-order valence-corrected chi connectivity index (χ0v) is 12.9. The monoisotopic (exact) mass is 302 g/mol. The minimum atomic E-state index is -0.862. The summed E-state index contributed by atoms with van der Waals surface area (Å²) in [5, 5.41) is 9.24. The van der Waals surface area contributed by atoms with Gasteiger partial charge in [-0.25, -0.2) is 0 Å². The topological polar surface area (TPSA) is 60.9 Å². The summed E-state index contributed by atoms with van der Waals surface area (Å²) in [4.78, 5) is 27.6. The van der Waals surface area contributed by atoms with Crippen molar-refractivity contribution in [2.45, 2.75) is 44.7 Å². The molecule has 5 heteroatoms. The Morgan fingerprint density at radius 1 is 1.36 bits per heavy atom. The molecule has 1 aliphatic carbocycles. The summed E-state index contributed by atoms with van der Waals surface area (Å²) in [5.74, 6) is -0.856. The molecule has 0 saturated heterocycles. The van der Waals surface area contributed by atoms with Gasteiger partial charge in [0.05, 0.1) is 6.54 Å².